The van der Waals surface area contributed by atoms with Crippen LogP contribution in [0.1, 0.15) is 5.56 Å². The maximum atomic E-state index is 13.6. The Bertz CT molecular complexity index is 617. The largest absolute Gasteiger partial charge is 0.358 e. The summed E-state index contributed by atoms with van der Waals surface area (Å²) in [5.41, 5.74) is 1.30. The van der Waals surface area contributed by atoms with Crippen LogP contribution in [0.15, 0.2) is 42.5 Å². The second-order valence-electron chi connectivity index (χ2n) is 4.05. The average molecular weight is 329 g/mol. The number of rotatable bonds is 3. The zero-order valence-electron chi connectivity index (χ0n) is 10.3. The second kappa shape index (κ2) is 6.88. The zero-order chi connectivity index (χ0) is 14.5. The van der Waals surface area contributed by atoms with Crippen molar-refractivity contribution in [3.63, 3.8) is 0 Å². The fourth-order valence-electron chi connectivity index (χ4n) is 1.55. The van der Waals surface area contributed by atoms with Crippen LogP contribution in [0, 0.1) is 5.82 Å². The van der Waals surface area contributed by atoms with Gasteiger partial charge in [-0.2, -0.15) is 0 Å². The van der Waals surface area contributed by atoms with Crippen LogP contribution in [-0.4, -0.2) is 5.11 Å². The standard InChI is InChI=1S/C14H11Cl2FN2S/c15-10-3-5-12(6-4-10)19-14(20)18-8-9-1-2-11(16)7-13(9)17/h1-7H,8H2,(H2,18,19,20). The van der Waals surface area contributed by atoms with Crippen LogP contribution in [0.2, 0.25) is 10.0 Å². The molecule has 0 aromatic heterocycles. The number of thiocarbonyl (C=S) groups is 1. The van der Waals surface area contributed by atoms with Crippen molar-refractivity contribution in [1.29, 1.82) is 0 Å². The van der Waals surface area contributed by atoms with Gasteiger partial charge in [0.15, 0.2) is 5.11 Å². The summed E-state index contributed by atoms with van der Waals surface area (Å²) in [6.45, 7) is 0.280. The van der Waals surface area contributed by atoms with E-state index in [0.29, 0.717) is 20.7 Å². The van der Waals surface area contributed by atoms with Gasteiger partial charge in [0.2, 0.25) is 0 Å². The first kappa shape index (κ1) is 15.0. The second-order valence-corrected chi connectivity index (χ2v) is 5.33. The van der Waals surface area contributed by atoms with Gasteiger partial charge in [-0.15, -0.1) is 0 Å². The molecule has 0 radical (unpaired) electrons. The van der Waals surface area contributed by atoms with Gasteiger partial charge in [-0.05, 0) is 48.6 Å². The maximum Gasteiger partial charge on any atom is 0.171 e. The highest BCUT2D eigenvalue weighted by atomic mass is 35.5. The third kappa shape index (κ3) is 4.34. The van der Waals surface area contributed by atoms with E-state index in [1.807, 2.05) is 0 Å². The molecule has 0 aliphatic rings. The van der Waals surface area contributed by atoms with Crippen LogP contribution in [0.5, 0.6) is 0 Å². The third-order valence-corrected chi connectivity index (χ3v) is 3.29. The molecule has 0 fully saturated rings. The Balaban J connectivity index is 1.90. The summed E-state index contributed by atoms with van der Waals surface area (Å²) < 4.78 is 13.6. The molecular formula is C14H11Cl2FN2S. The van der Waals surface area contributed by atoms with Crippen LogP contribution >= 0.6 is 35.4 Å². The lowest BCUT2D eigenvalue weighted by atomic mass is 10.2. The lowest BCUT2D eigenvalue weighted by Crippen LogP contribution is -2.28. The van der Waals surface area contributed by atoms with E-state index in [9.17, 15) is 4.39 Å². The normalized spacial score (nSPS) is 10.2. The maximum absolute atomic E-state index is 13.6. The lowest BCUT2D eigenvalue weighted by Gasteiger charge is -2.11. The first-order valence-corrected chi connectivity index (χ1v) is 6.95. The summed E-state index contributed by atoms with van der Waals surface area (Å²) in [6, 6.07) is 11.6. The van der Waals surface area contributed by atoms with Gasteiger partial charge >= 0.3 is 0 Å². The Morgan fingerprint density at radius 3 is 2.35 bits per heavy atom. The highest BCUT2D eigenvalue weighted by molar-refractivity contribution is 7.80. The van der Waals surface area contributed by atoms with Crippen LogP contribution in [-0.2, 0) is 6.54 Å². The predicted molar refractivity (Wildman–Crippen MR) is 85.9 cm³/mol. The van der Waals surface area contributed by atoms with Gasteiger partial charge in [-0.1, -0.05) is 29.3 Å². The quantitative estimate of drug-likeness (QED) is 0.804. The van der Waals surface area contributed by atoms with Gasteiger partial charge in [0, 0.05) is 27.8 Å². The number of hydrogen-bond acceptors (Lipinski definition) is 1. The van der Waals surface area contributed by atoms with Gasteiger partial charge in [-0.3, -0.25) is 0 Å². The average Bonchev–Trinajstić information content (AvgIpc) is 2.40. The summed E-state index contributed by atoms with van der Waals surface area (Å²) in [7, 11) is 0. The topological polar surface area (TPSA) is 24.1 Å². The summed E-state index contributed by atoms with van der Waals surface area (Å²) in [6.07, 6.45) is 0. The van der Waals surface area contributed by atoms with Gasteiger partial charge in [0.1, 0.15) is 5.82 Å². The monoisotopic (exact) mass is 328 g/mol. The minimum absolute atomic E-state index is 0.280. The van der Waals surface area contributed by atoms with Crippen molar-refractivity contribution in [1.82, 2.24) is 5.32 Å². The minimum Gasteiger partial charge on any atom is -0.358 e. The highest BCUT2D eigenvalue weighted by Gasteiger charge is 2.04. The van der Waals surface area contributed by atoms with Crippen molar-refractivity contribution >= 4 is 46.2 Å². The fourth-order valence-corrected chi connectivity index (χ4v) is 2.02. The van der Waals surface area contributed by atoms with Crippen LogP contribution in [0.4, 0.5) is 10.1 Å². The molecule has 0 aliphatic carbocycles. The number of hydrogen-bond donors (Lipinski definition) is 2. The number of nitrogens with one attached hydrogen (secondary N) is 2. The van der Waals surface area contributed by atoms with E-state index in [0.717, 1.165) is 5.69 Å². The van der Waals surface area contributed by atoms with Crippen molar-refractivity contribution in [3.8, 4) is 0 Å². The van der Waals surface area contributed by atoms with E-state index >= 15 is 0 Å². The van der Waals surface area contributed by atoms with E-state index < -0.39 is 0 Å². The molecule has 0 atom stereocenters. The molecule has 6 heteroatoms. The predicted octanol–water partition coefficient (Wildman–Crippen LogP) is 4.62. The fraction of sp³-hybridized carbons (Fsp3) is 0.0714. The first-order valence-electron chi connectivity index (χ1n) is 5.79. The molecule has 0 amide bonds. The molecule has 2 rings (SSSR count). The van der Waals surface area contributed by atoms with Gasteiger partial charge in [-0.25, -0.2) is 4.39 Å². The molecular weight excluding hydrogens is 318 g/mol. The van der Waals surface area contributed by atoms with E-state index in [2.05, 4.69) is 10.6 Å². The van der Waals surface area contributed by atoms with Crippen molar-refractivity contribution in [2.24, 2.45) is 0 Å². The SMILES string of the molecule is Fc1cc(Cl)ccc1CNC(=S)Nc1ccc(Cl)cc1. The van der Waals surface area contributed by atoms with Crippen molar-refractivity contribution in [3.05, 3.63) is 63.9 Å². The van der Waals surface area contributed by atoms with Gasteiger partial charge < -0.3 is 10.6 Å². The highest BCUT2D eigenvalue weighted by Crippen LogP contribution is 2.15. The zero-order valence-corrected chi connectivity index (χ0v) is 12.6. The molecule has 2 aromatic carbocycles. The smallest absolute Gasteiger partial charge is 0.171 e. The Morgan fingerprint density at radius 2 is 1.70 bits per heavy atom. The molecule has 0 heterocycles. The Morgan fingerprint density at radius 1 is 1.05 bits per heavy atom. The van der Waals surface area contributed by atoms with Crippen LogP contribution < -0.4 is 10.6 Å². The Kier molecular flexibility index (Phi) is 5.17. The van der Waals surface area contributed by atoms with E-state index in [1.165, 1.54) is 6.07 Å². The van der Waals surface area contributed by atoms with E-state index in [4.69, 9.17) is 35.4 Å². The molecule has 0 aliphatic heterocycles. The molecule has 0 spiro atoms. The number of anilines is 1. The number of halogens is 3. The summed E-state index contributed by atoms with van der Waals surface area (Å²) >= 11 is 16.6. The number of benzene rings is 2. The first-order chi connectivity index (χ1) is 9.54. The summed E-state index contributed by atoms with van der Waals surface area (Å²) in [5.74, 6) is -0.362. The van der Waals surface area contributed by atoms with Crippen molar-refractivity contribution in [2.75, 3.05) is 5.32 Å². The Labute approximate surface area is 131 Å². The molecule has 104 valence electrons. The van der Waals surface area contributed by atoms with Gasteiger partial charge in [0.05, 0.1) is 0 Å². The molecule has 20 heavy (non-hydrogen) atoms. The molecule has 2 nitrogen and oxygen atoms in total. The summed E-state index contributed by atoms with van der Waals surface area (Å²) in [4.78, 5) is 0. The van der Waals surface area contributed by atoms with Crippen LogP contribution in [0.3, 0.4) is 0 Å². The molecule has 2 N–H and O–H groups in total. The molecule has 2 aromatic rings. The molecule has 0 bridgehead atoms. The lowest BCUT2D eigenvalue weighted by molar-refractivity contribution is 0.606. The summed E-state index contributed by atoms with van der Waals surface area (Å²) in [5, 5.41) is 7.33. The molecule has 0 unspecified atom stereocenters. The van der Waals surface area contributed by atoms with E-state index in [-0.39, 0.29) is 12.4 Å². The van der Waals surface area contributed by atoms with Crippen molar-refractivity contribution in [2.45, 2.75) is 6.54 Å². The van der Waals surface area contributed by atoms with Gasteiger partial charge in [0.25, 0.3) is 0 Å². The molecule has 0 saturated heterocycles. The van der Waals surface area contributed by atoms with Crippen molar-refractivity contribution < 1.29 is 4.39 Å². The Hall–Kier alpha value is -1.36. The minimum atomic E-state index is -0.362. The molecule has 0 saturated carbocycles. The third-order valence-electron chi connectivity index (χ3n) is 2.56. The van der Waals surface area contributed by atoms with E-state index in [1.54, 1.807) is 36.4 Å². The van der Waals surface area contributed by atoms with Crippen LogP contribution in [0.25, 0.3) is 0 Å².